The Hall–Kier alpha value is -1.56. The summed E-state index contributed by atoms with van der Waals surface area (Å²) < 4.78 is 0. The smallest absolute Gasteiger partial charge is 0.0238 e. The van der Waals surface area contributed by atoms with E-state index >= 15 is 0 Å². The third-order valence-electron chi connectivity index (χ3n) is 2.39. The van der Waals surface area contributed by atoms with E-state index in [9.17, 15) is 0 Å². The minimum Gasteiger partial charge on any atom is -0.0683 e. The summed E-state index contributed by atoms with van der Waals surface area (Å²) in [6, 6.07) is 21.2. The normalized spacial score (nSPS) is 8.63. The van der Waals surface area contributed by atoms with Crippen molar-refractivity contribution in [1.82, 2.24) is 0 Å². The van der Waals surface area contributed by atoms with Crippen molar-refractivity contribution in [2.45, 2.75) is 47.0 Å². The molecular weight excluding hydrogens is 228 g/mol. The molecule has 19 heavy (non-hydrogen) atoms. The summed E-state index contributed by atoms with van der Waals surface area (Å²) in [5.74, 6) is 0. The lowest BCUT2D eigenvalue weighted by Gasteiger charge is -2.01. The van der Waals surface area contributed by atoms with E-state index in [0.29, 0.717) is 0 Å². The zero-order valence-electron chi connectivity index (χ0n) is 12.9. The van der Waals surface area contributed by atoms with Gasteiger partial charge >= 0.3 is 0 Å². The van der Waals surface area contributed by atoms with Gasteiger partial charge in [-0.3, -0.25) is 0 Å². The fourth-order valence-electron chi connectivity index (χ4n) is 1.58. The van der Waals surface area contributed by atoms with E-state index in [-0.39, 0.29) is 0 Å². The molecular formula is C19H28. The molecule has 0 saturated heterocycles. The van der Waals surface area contributed by atoms with Gasteiger partial charge in [0.2, 0.25) is 0 Å². The van der Waals surface area contributed by atoms with Gasteiger partial charge in [0, 0.05) is 0 Å². The molecule has 0 aliphatic rings. The molecule has 0 unspecified atom stereocenters. The summed E-state index contributed by atoms with van der Waals surface area (Å²) in [6.07, 6.45) is 3.51. The van der Waals surface area contributed by atoms with Gasteiger partial charge in [-0.25, -0.2) is 0 Å². The van der Waals surface area contributed by atoms with E-state index in [4.69, 9.17) is 0 Å². The number of benzene rings is 2. The summed E-state index contributed by atoms with van der Waals surface area (Å²) >= 11 is 0. The van der Waals surface area contributed by atoms with E-state index in [2.05, 4.69) is 74.5 Å². The Kier molecular flexibility index (Phi) is 11.8. The maximum atomic E-state index is 2.18. The quantitative estimate of drug-likeness (QED) is 0.640. The molecule has 0 bridgehead atoms. The van der Waals surface area contributed by atoms with Gasteiger partial charge in [0.15, 0.2) is 0 Å². The van der Waals surface area contributed by atoms with Gasteiger partial charge in [0.1, 0.15) is 0 Å². The van der Waals surface area contributed by atoms with Gasteiger partial charge in [-0.05, 0) is 24.0 Å². The Balaban J connectivity index is 0.000000573. The molecule has 0 spiro atoms. The standard InChI is InChI=1S/C14H14.C3H8.C2H6/c1-3-7-13(8-4-1)11-12-14-9-5-2-6-10-14;1-3-2;1-2/h1-10H,11-12H2;3H2,1-2H3;1-2H3. The third-order valence-corrected chi connectivity index (χ3v) is 2.39. The maximum absolute atomic E-state index is 2.18. The highest BCUT2D eigenvalue weighted by atomic mass is 14.0. The average molecular weight is 256 g/mol. The topological polar surface area (TPSA) is 0 Å². The maximum Gasteiger partial charge on any atom is -0.0238 e. The van der Waals surface area contributed by atoms with Crippen LogP contribution in [0.4, 0.5) is 0 Å². The molecule has 0 N–H and O–H groups in total. The van der Waals surface area contributed by atoms with Crippen LogP contribution in [0, 0.1) is 0 Å². The van der Waals surface area contributed by atoms with Crippen molar-refractivity contribution >= 4 is 0 Å². The van der Waals surface area contributed by atoms with Crippen molar-refractivity contribution in [2.24, 2.45) is 0 Å². The Labute approximate surface area is 119 Å². The molecule has 0 aromatic heterocycles. The second-order valence-corrected chi connectivity index (χ2v) is 4.18. The molecule has 2 rings (SSSR count). The summed E-state index contributed by atoms with van der Waals surface area (Å²) in [5, 5.41) is 0. The van der Waals surface area contributed by atoms with E-state index in [0.717, 1.165) is 12.8 Å². The molecule has 0 nitrogen and oxygen atoms in total. The highest BCUT2D eigenvalue weighted by Crippen LogP contribution is 2.06. The molecule has 0 aliphatic heterocycles. The van der Waals surface area contributed by atoms with Crippen molar-refractivity contribution < 1.29 is 0 Å². The van der Waals surface area contributed by atoms with E-state index in [1.807, 2.05) is 13.8 Å². The number of hydrogen-bond donors (Lipinski definition) is 0. The zero-order valence-corrected chi connectivity index (χ0v) is 12.9. The molecule has 2 aromatic carbocycles. The van der Waals surface area contributed by atoms with Gasteiger partial charge in [0.25, 0.3) is 0 Å². The van der Waals surface area contributed by atoms with Crippen LogP contribution in [-0.2, 0) is 12.8 Å². The molecule has 0 radical (unpaired) electrons. The molecule has 0 amide bonds. The van der Waals surface area contributed by atoms with Crippen LogP contribution in [0.25, 0.3) is 0 Å². The molecule has 104 valence electrons. The number of rotatable bonds is 3. The largest absolute Gasteiger partial charge is 0.0683 e. The second kappa shape index (κ2) is 12.9. The van der Waals surface area contributed by atoms with Crippen LogP contribution < -0.4 is 0 Å². The SMILES string of the molecule is CC.CCC.c1ccc(CCc2ccccc2)cc1. The summed E-state index contributed by atoms with van der Waals surface area (Å²) in [6.45, 7) is 8.25. The first kappa shape index (κ1) is 17.4. The predicted octanol–water partition coefficient (Wildman–Crippen LogP) is 5.91. The minimum absolute atomic E-state index is 1.13. The first-order chi connectivity index (χ1) is 9.36. The van der Waals surface area contributed by atoms with E-state index in [1.165, 1.54) is 17.5 Å². The average Bonchev–Trinajstić information content (AvgIpc) is 2.50. The van der Waals surface area contributed by atoms with Crippen molar-refractivity contribution in [3.05, 3.63) is 71.8 Å². The second-order valence-electron chi connectivity index (χ2n) is 4.18. The first-order valence-corrected chi connectivity index (χ1v) is 7.44. The number of hydrogen-bond acceptors (Lipinski definition) is 0. The highest BCUT2D eigenvalue weighted by molar-refractivity contribution is 5.19. The number of aryl methyl sites for hydroxylation is 2. The van der Waals surface area contributed by atoms with Crippen molar-refractivity contribution in [3.8, 4) is 0 Å². The fourth-order valence-corrected chi connectivity index (χ4v) is 1.58. The van der Waals surface area contributed by atoms with Gasteiger partial charge in [-0.2, -0.15) is 0 Å². The van der Waals surface area contributed by atoms with E-state index < -0.39 is 0 Å². The molecule has 0 atom stereocenters. The van der Waals surface area contributed by atoms with Crippen LogP contribution in [-0.4, -0.2) is 0 Å². The van der Waals surface area contributed by atoms with Crippen molar-refractivity contribution in [1.29, 1.82) is 0 Å². The molecule has 0 aliphatic carbocycles. The Morgan fingerprint density at radius 3 is 1.11 bits per heavy atom. The van der Waals surface area contributed by atoms with Gasteiger partial charge in [-0.1, -0.05) is 94.8 Å². The zero-order chi connectivity index (χ0) is 14.3. The Bertz CT molecular complexity index is 336. The Morgan fingerprint density at radius 1 is 0.579 bits per heavy atom. The summed E-state index contributed by atoms with van der Waals surface area (Å²) in [5.41, 5.74) is 2.83. The molecule has 0 heteroatoms. The third kappa shape index (κ3) is 9.07. The van der Waals surface area contributed by atoms with Crippen LogP contribution in [0.2, 0.25) is 0 Å². The summed E-state index contributed by atoms with van der Waals surface area (Å²) in [7, 11) is 0. The lowest BCUT2D eigenvalue weighted by Crippen LogP contribution is -1.89. The van der Waals surface area contributed by atoms with Crippen LogP contribution in [0.15, 0.2) is 60.7 Å². The molecule has 0 saturated carbocycles. The molecule has 2 aromatic rings. The monoisotopic (exact) mass is 256 g/mol. The molecule has 0 fully saturated rings. The van der Waals surface area contributed by atoms with Gasteiger partial charge < -0.3 is 0 Å². The highest BCUT2D eigenvalue weighted by Gasteiger charge is 1.93. The van der Waals surface area contributed by atoms with Gasteiger partial charge in [0.05, 0.1) is 0 Å². The molecule has 0 heterocycles. The lowest BCUT2D eigenvalue weighted by atomic mass is 10.0. The van der Waals surface area contributed by atoms with Crippen LogP contribution in [0.5, 0.6) is 0 Å². The first-order valence-electron chi connectivity index (χ1n) is 7.44. The minimum atomic E-state index is 1.13. The Morgan fingerprint density at radius 2 is 0.842 bits per heavy atom. The van der Waals surface area contributed by atoms with Crippen LogP contribution in [0.1, 0.15) is 45.2 Å². The fraction of sp³-hybridized carbons (Fsp3) is 0.368. The lowest BCUT2D eigenvalue weighted by molar-refractivity contribution is 0.960. The van der Waals surface area contributed by atoms with E-state index in [1.54, 1.807) is 0 Å². The predicted molar refractivity (Wildman–Crippen MR) is 87.6 cm³/mol. The van der Waals surface area contributed by atoms with Crippen molar-refractivity contribution in [2.75, 3.05) is 0 Å². The van der Waals surface area contributed by atoms with Crippen LogP contribution >= 0.6 is 0 Å². The van der Waals surface area contributed by atoms with Crippen molar-refractivity contribution in [3.63, 3.8) is 0 Å². The van der Waals surface area contributed by atoms with Gasteiger partial charge in [-0.15, -0.1) is 0 Å². The summed E-state index contributed by atoms with van der Waals surface area (Å²) in [4.78, 5) is 0. The van der Waals surface area contributed by atoms with Crippen LogP contribution in [0.3, 0.4) is 0 Å².